The minimum atomic E-state index is -0.439. The summed E-state index contributed by atoms with van der Waals surface area (Å²) < 4.78 is 4.92. The third-order valence-electron chi connectivity index (χ3n) is 2.85. The summed E-state index contributed by atoms with van der Waals surface area (Å²) >= 11 is 0. The van der Waals surface area contributed by atoms with E-state index in [4.69, 9.17) is 4.74 Å². The van der Waals surface area contributed by atoms with Crippen LogP contribution in [0.25, 0.3) is 0 Å². The first-order valence-electron chi connectivity index (χ1n) is 6.40. The number of esters is 1. The van der Waals surface area contributed by atoms with Gasteiger partial charge in [-0.1, -0.05) is 12.0 Å². The first-order valence-corrected chi connectivity index (χ1v) is 6.40. The Morgan fingerprint density at radius 1 is 1.47 bits per heavy atom. The summed E-state index contributed by atoms with van der Waals surface area (Å²) in [6.45, 7) is 4.96. The zero-order valence-electron chi connectivity index (χ0n) is 11.1. The van der Waals surface area contributed by atoms with Crippen LogP contribution in [0.5, 0.6) is 0 Å². The van der Waals surface area contributed by atoms with Crippen molar-refractivity contribution in [1.29, 1.82) is 0 Å². The van der Waals surface area contributed by atoms with E-state index in [1.807, 2.05) is 6.92 Å². The van der Waals surface area contributed by atoms with E-state index >= 15 is 0 Å². The van der Waals surface area contributed by atoms with Gasteiger partial charge in [0.15, 0.2) is 0 Å². The number of carbonyl (C=O) groups is 2. The number of tetrazole rings is 1. The van der Waals surface area contributed by atoms with Crippen molar-refractivity contribution >= 4 is 17.8 Å². The molecule has 2 rings (SSSR count). The number of aryl methyl sites for hydroxylation is 1. The quantitative estimate of drug-likeness (QED) is 0.697. The van der Waals surface area contributed by atoms with Gasteiger partial charge in [-0.25, -0.2) is 0 Å². The van der Waals surface area contributed by atoms with Crippen molar-refractivity contribution in [2.45, 2.75) is 33.2 Å². The highest BCUT2D eigenvalue weighted by Gasteiger charge is 2.37. The van der Waals surface area contributed by atoms with Crippen LogP contribution in [0.15, 0.2) is 0 Å². The fourth-order valence-corrected chi connectivity index (χ4v) is 1.96. The molecule has 8 nitrogen and oxygen atoms in total. The fraction of sp³-hybridized carbons (Fsp3) is 0.727. The topological polar surface area (TPSA) is 90.2 Å². The third kappa shape index (κ3) is 2.88. The number of hydrogen-bond donors (Lipinski definition) is 0. The van der Waals surface area contributed by atoms with Crippen LogP contribution < -0.4 is 4.90 Å². The summed E-state index contributed by atoms with van der Waals surface area (Å²) in [5.41, 5.74) is 0. The van der Waals surface area contributed by atoms with Crippen LogP contribution in [0.1, 0.15) is 26.7 Å². The molecule has 0 aliphatic carbocycles. The van der Waals surface area contributed by atoms with Gasteiger partial charge in [0.05, 0.1) is 19.1 Å². The monoisotopic (exact) mass is 267 g/mol. The van der Waals surface area contributed by atoms with Crippen molar-refractivity contribution in [1.82, 2.24) is 20.2 Å². The van der Waals surface area contributed by atoms with Crippen molar-refractivity contribution in [2.75, 3.05) is 18.1 Å². The normalized spacial score (nSPS) is 18.9. The number of amides is 1. The van der Waals surface area contributed by atoms with E-state index in [-0.39, 0.29) is 30.8 Å². The number of hydrogen-bond acceptors (Lipinski definition) is 6. The Hall–Kier alpha value is -1.99. The van der Waals surface area contributed by atoms with E-state index in [0.29, 0.717) is 13.2 Å². The van der Waals surface area contributed by atoms with Crippen LogP contribution in [-0.2, 0) is 20.9 Å². The highest BCUT2D eigenvalue weighted by Crippen LogP contribution is 2.22. The molecule has 0 radical (unpaired) electrons. The molecule has 8 heteroatoms. The minimum absolute atomic E-state index is 0.140. The second kappa shape index (κ2) is 5.77. The molecule has 1 aliphatic heterocycles. The van der Waals surface area contributed by atoms with Gasteiger partial charge in [-0.2, -0.15) is 4.80 Å². The Morgan fingerprint density at radius 3 is 2.95 bits per heavy atom. The van der Waals surface area contributed by atoms with E-state index in [2.05, 4.69) is 15.4 Å². The van der Waals surface area contributed by atoms with Gasteiger partial charge in [0, 0.05) is 13.0 Å². The molecule has 0 spiro atoms. The predicted octanol–water partition coefficient (Wildman–Crippen LogP) is -0.000900. The highest BCUT2D eigenvalue weighted by molar-refractivity contribution is 5.98. The first-order chi connectivity index (χ1) is 9.15. The van der Waals surface area contributed by atoms with E-state index in [1.165, 1.54) is 9.70 Å². The molecule has 0 N–H and O–H groups in total. The number of aromatic nitrogens is 4. The summed E-state index contributed by atoms with van der Waals surface area (Å²) in [5, 5.41) is 11.8. The van der Waals surface area contributed by atoms with Gasteiger partial charge < -0.3 is 4.74 Å². The van der Waals surface area contributed by atoms with Gasteiger partial charge >= 0.3 is 5.97 Å². The molecule has 1 saturated heterocycles. The minimum Gasteiger partial charge on any atom is -0.466 e. The van der Waals surface area contributed by atoms with Crippen molar-refractivity contribution in [2.24, 2.45) is 5.92 Å². The molecule has 1 atom stereocenters. The molecule has 0 unspecified atom stereocenters. The lowest BCUT2D eigenvalue weighted by molar-refractivity contribution is -0.147. The van der Waals surface area contributed by atoms with E-state index in [1.54, 1.807) is 6.92 Å². The smallest absolute Gasteiger partial charge is 0.311 e. The Labute approximate surface area is 110 Å². The van der Waals surface area contributed by atoms with E-state index in [9.17, 15) is 9.59 Å². The summed E-state index contributed by atoms with van der Waals surface area (Å²) in [6.07, 6.45) is 1.02. The fourth-order valence-electron chi connectivity index (χ4n) is 1.96. The maximum atomic E-state index is 11.9. The van der Waals surface area contributed by atoms with Gasteiger partial charge in [-0.15, -0.1) is 5.10 Å². The van der Waals surface area contributed by atoms with E-state index in [0.717, 1.165) is 6.42 Å². The van der Waals surface area contributed by atoms with Crippen LogP contribution in [0.4, 0.5) is 5.95 Å². The Kier molecular flexibility index (Phi) is 4.08. The van der Waals surface area contributed by atoms with Crippen LogP contribution in [0, 0.1) is 5.92 Å². The van der Waals surface area contributed by atoms with Crippen molar-refractivity contribution in [3.63, 3.8) is 0 Å². The van der Waals surface area contributed by atoms with Crippen LogP contribution in [0.2, 0.25) is 0 Å². The lowest BCUT2D eigenvalue weighted by Gasteiger charge is -2.10. The molecular formula is C11H17N5O3. The molecule has 2 heterocycles. The molecule has 1 aromatic rings. The van der Waals surface area contributed by atoms with Crippen molar-refractivity contribution < 1.29 is 14.3 Å². The second-order valence-electron chi connectivity index (χ2n) is 4.34. The van der Waals surface area contributed by atoms with Gasteiger partial charge in [0.25, 0.3) is 5.95 Å². The maximum Gasteiger partial charge on any atom is 0.311 e. The molecule has 1 fully saturated rings. The van der Waals surface area contributed by atoms with Gasteiger partial charge in [-0.3, -0.25) is 14.5 Å². The number of rotatable bonds is 5. The van der Waals surface area contributed by atoms with Crippen LogP contribution in [-0.4, -0.2) is 45.2 Å². The largest absolute Gasteiger partial charge is 0.466 e. The molecular weight excluding hydrogens is 250 g/mol. The Balaban J connectivity index is 2.04. The maximum absolute atomic E-state index is 11.9. The Bertz CT molecular complexity index is 473. The molecule has 1 aliphatic rings. The van der Waals surface area contributed by atoms with Crippen LogP contribution in [0.3, 0.4) is 0 Å². The summed E-state index contributed by atoms with van der Waals surface area (Å²) in [7, 11) is 0. The summed E-state index contributed by atoms with van der Waals surface area (Å²) in [4.78, 5) is 26.3. The van der Waals surface area contributed by atoms with Crippen molar-refractivity contribution in [3.05, 3.63) is 0 Å². The second-order valence-corrected chi connectivity index (χ2v) is 4.34. The summed E-state index contributed by atoms with van der Waals surface area (Å²) in [6, 6.07) is 0. The molecule has 0 aromatic carbocycles. The zero-order valence-corrected chi connectivity index (χ0v) is 11.1. The zero-order chi connectivity index (χ0) is 13.8. The molecule has 104 valence electrons. The standard InChI is InChI=1S/C11H17N5O3/c1-3-5-16-13-11(12-14-16)15-7-8(6-9(15)17)10(18)19-4-2/h8H,3-7H2,1-2H3/t8-/m1/s1. The summed E-state index contributed by atoms with van der Waals surface area (Å²) in [5.74, 6) is -0.704. The van der Waals surface area contributed by atoms with Gasteiger partial charge in [0.1, 0.15) is 0 Å². The molecule has 0 bridgehead atoms. The third-order valence-corrected chi connectivity index (χ3v) is 2.85. The molecule has 0 saturated carbocycles. The van der Waals surface area contributed by atoms with E-state index < -0.39 is 5.92 Å². The average molecular weight is 267 g/mol. The number of carbonyl (C=O) groups excluding carboxylic acids is 2. The molecule has 1 aromatic heterocycles. The molecule has 1 amide bonds. The van der Waals surface area contributed by atoms with Gasteiger partial charge in [0.2, 0.25) is 5.91 Å². The Morgan fingerprint density at radius 2 is 2.26 bits per heavy atom. The first kappa shape index (κ1) is 13.4. The lowest BCUT2D eigenvalue weighted by atomic mass is 10.1. The SMILES string of the molecule is CCCn1nnc(N2C[C@H](C(=O)OCC)CC2=O)n1. The number of ether oxygens (including phenoxy) is 1. The number of nitrogens with zero attached hydrogens (tertiary/aromatic N) is 5. The predicted molar refractivity (Wildman–Crippen MR) is 65.2 cm³/mol. The lowest BCUT2D eigenvalue weighted by Crippen LogP contribution is -2.27. The molecule has 19 heavy (non-hydrogen) atoms. The average Bonchev–Trinajstić information content (AvgIpc) is 2.96. The highest BCUT2D eigenvalue weighted by atomic mass is 16.5. The van der Waals surface area contributed by atoms with Crippen molar-refractivity contribution in [3.8, 4) is 0 Å². The van der Waals surface area contributed by atoms with Gasteiger partial charge in [-0.05, 0) is 18.6 Å². The number of anilines is 1. The van der Waals surface area contributed by atoms with Crippen LogP contribution >= 0.6 is 0 Å².